The molecule has 0 unspecified atom stereocenters. The van der Waals surface area contributed by atoms with Crippen molar-refractivity contribution in [2.75, 3.05) is 44.7 Å². The van der Waals surface area contributed by atoms with Gasteiger partial charge >= 0.3 is 0 Å². The molecular formula is C32H36N6O2. The lowest BCUT2D eigenvalue weighted by atomic mass is 10.1. The number of ketones is 1. The molecule has 0 atom stereocenters. The summed E-state index contributed by atoms with van der Waals surface area (Å²) >= 11 is 0. The Morgan fingerprint density at radius 2 is 1.55 bits per heavy atom. The Bertz CT molecular complexity index is 1640. The quantitative estimate of drug-likeness (QED) is 0.228. The van der Waals surface area contributed by atoms with Crippen LogP contribution in [-0.4, -0.2) is 70.5 Å². The van der Waals surface area contributed by atoms with Gasteiger partial charge in [0.15, 0.2) is 0 Å². The van der Waals surface area contributed by atoms with Gasteiger partial charge < -0.3 is 24.5 Å². The molecule has 1 fully saturated rings. The topological polar surface area (TPSA) is 90.1 Å². The van der Waals surface area contributed by atoms with Crippen LogP contribution in [0.15, 0.2) is 60.7 Å². The van der Waals surface area contributed by atoms with Crippen molar-refractivity contribution < 1.29 is 9.53 Å². The number of aromatic nitrogens is 4. The average molecular weight is 537 g/mol. The van der Waals surface area contributed by atoms with Crippen LogP contribution in [0, 0.1) is 5.92 Å². The van der Waals surface area contributed by atoms with Crippen molar-refractivity contribution >= 4 is 33.5 Å². The lowest BCUT2D eigenvalue weighted by Gasteiger charge is -2.34. The third kappa shape index (κ3) is 5.58. The summed E-state index contributed by atoms with van der Waals surface area (Å²) in [5, 5.41) is 0. The zero-order valence-corrected chi connectivity index (χ0v) is 23.4. The number of hydrogen-bond donors (Lipinski definition) is 2. The number of piperazine rings is 1. The monoisotopic (exact) mass is 536 g/mol. The SMILES string of the molecule is CC(C)C(=O)CCCOc1cccc(-c2nc3ccc(-c4nc5ccc(N6CCN(C)CC6)cc5[nH]4)cc3[nH]2)c1. The fourth-order valence-electron chi connectivity index (χ4n) is 5.15. The second kappa shape index (κ2) is 11.1. The molecule has 40 heavy (non-hydrogen) atoms. The summed E-state index contributed by atoms with van der Waals surface area (Å²) in [7, 11) is 2.17. The van der Waals surface area contributed by atoms with Crippen LogP contribution < -0.4 is 9.64 Å². The first kappa shape index (κ1) is 26.1. The number of imidazole rings is 2. The van der Waals surface area contributed by atoms with E-state index < -0.39 is 0 Å². The van der Waals surface area contributed by atoms with Crippen molar-refractivity contribution in [2.24, 2.45) is 5.92 Å². The van der Waals surface area contributed by atoms with Crippen LogP contribution in [0.4, 0.5) is 5.69 Å². The number of fused-ring (bicyclic) bond motifs is 2. The average Bonchev–Trinajstić information content (AvgIpc) is 3.59. The molecule has 2 aromatic heterocycles. The van der Waals surface area contributed by atoms with Gasteiger partial charge in [-0.3, -0.25) is 4.79 Å². The number of Topliss-reactive ketones (excluding diaryl/α,β-unsaturated/α-hetero) is 1. The molecule has 0 radical (unpaired) electrons. The minimum Gasteiger partial charge on any atom is -0.494 e. The zero-order valence-electron chi connectivity index (χ0n) is 23.4. The van der Waals surface area contributed by atoms with Crippen molar-refractivity contribution in [3.8, 4) is 28.5 Å². The predicted octanol–water partition coefficient (Wildman–Crippen LogP) is 5.91. The molecule has 0 bridgehead atoms. The third-order valence-corrected chi connectivity index (χ3v) is 7.68. The van der Waals surface area contributed by atoms with Crippen molar-refractivity contribution in [1.29, 1.82) is 0 Å². The molecule has 5 aromatic rings. The van der Waals surface area contributed by atoms with E-state index in [-0.39, 0.29) is 11.7 Å². The molecule has 3 heterocycles. The van der Waals surface area contributed by atoms with E-state index in [1.165, 1.54) is 5.69 Å². The number of anilines is 1. The number of carbonyl (C=O) groups excluding carboxylic acids is 1. The number of nitrogens with one attached hydrogen (secondary N) is 2. The Hall–Kier alpha value is -4.17. The van der Waals surface area contributed by atoms with Gasteiger partial charge in [-0.05, 0) is 62.0 Å². The van der Waals surface area contributed by atoms with Crippen LogP contribution in [0.25, 0.3) is 44.8 Å². The predicted molar refractivity (Wildman–Crippen MR) is 161 cm³/mol. The number of aromatic amines is 2. The molecule has 8 nitrogen and oxygen atoms in total. The number of rotatable bonds is 9. The molecule has 206 valence electrons. The highest BCUT2D eigenvalue weighted by Gasteiger charge is 2.16. The van der Waals surface area contributed by atoms with Crippen LogP contribution in [0.5, 0.6) is 5.75 Å². The van der Waals surface area contributed by atoms with E-state index in [0.717, 1.165) is 76.8 Å². The molecule has 0 saturated carbocycles. The maximum absolute atomic E-state index is 11.8. The van der Waals surface area contributed by atoms with Gasteiger partial charge in [-0.1, -0.05) is 26.0 Å². The van der Waals surface area contributed by atoms with Gasteiger partial charge in [0.1, 0.15) is 23.2 Å². The number of likely N-dealkylation sites (N-methyl/N-ethyl adjacent to an activating group) is 1. The molecule has 0 aliphatic carbocycles. The van der Waals surface area contributed by atoms with Gasteiger partial charge in [-0.15, -0.1) is 0 Å². The second-order valence-electron chi connectivity index (χ2n) is 11.0. The van der Waals surface area contributed by atoms with Crippen LogP contribution >= 0.6 is 0 Å². The van der Waals surface area contributed by atoms with Gasteiger partial charge in [-0.25, -0.2) is 9.97 Å². The van der Waals surface area contributed by atoms with E-state index in [4.69, 9.17) is 14.7 Å². The van der Waals surface area contributed by atoms with Crippen molar-refractivity contribution in [3.05, 3.63) is 60.7 Å². The van der Waals surface area contributed by atoms with Crippen LogP contribution in [0.3, 0.4) is 0 Å². The molecule has 3 aromatic carbocycles. The fourth-order valence-corrected chi connectivity index (χ4v) is 5.15. The maximum Gasteiger partial charge on any atom is 0.138 e. The Balaban J connectivity index is 1.18. The van der Waals surface area contributed by atoms with E-state index in [9.17, 15) is 4.79 Å². The fraction of sp³-hybridized carbons (Fsp3) is 0.344. The number of nitrogens with zero attached hydrogens (tertiary/aromatic N) is 4. The normalized spacial score (nSPS) is 14.4. The Morgan fingerprint density at radius 3 is 2.27 bits per heavy atom. The van der Waals surface area contributed by atoms with Gasteiger partial charge in [-0.2, -0.15) is 0 Å². The minimum absolute atomic E-state index is 0.0730. The van der Waals surface area contributed by atoms with E-state index in [1.54, 1.807) is 0 Å². The number of benzene rings is 3. The lowest BCUT2D eigenvalue weighted by molar-refractivity contribution is -0.122. The van der Waals surface area contributed by atoms with Gasteiger partial charge in [0.25, 0.3) is 0 Å². The van der Waals surface area contributed by atoms with Crippen molar-refractivity contribution in [2.45, 2.75) is 26.7 Å². The molecule has 0 amide bonds. The van der Waals surface area contributed by atoms with Crippen molar-refractivity contribution in [3.63, 3.8) is 0 Å². The molecule has 2 N–H and O–H groups in total. The maximum atomic E-state index is 11.8. The Morgan fingerprint density at radius 1 is 0.875 bits per heavy atom. The van der Waals surface area contributed by atoms with Crippen LogP contribution in [-0.2, 0) is 4.79 Å². The molecule has 1 saturated heterocycles. The summed E-state index contributed by atoms with van der Waals surface area (Å²) in [6, 6.07) is 20.6. The first-order valence-electron chi connectivity index (χ1n) is 14.1. The highest BCUT2D eigenvalue weighted by Crippen LogP contribution is 2.29. The number of carbonyl (C=O) groups is 1. The molecule has 1 aliphatic rings. The van der Waals surface area contributed by atoms with E-state index in [1.807, 2.05) is 44.2 Å². The number of H-pyrrole nitrogens is 2. The number of ether oxygens (including phenoxy) is 1. The highest BCUT2D eigenvalue weighted by molar-refractivity contribution is 5.87. The van der Waals surface area contributed by atoms with Gasteiger partial charge in [0.05, 0.1) is 28.7 Å². The first-order chi connectivity index (χ1) is 19.4. The van der Waals surface area contributed by atoms with Crippen LogP contribution in [0.1, 0.15) is 26.7 Å². The molecule has 6 rings (SSSR count). The summed E-state index contributed by atoms with van der Waals surface area (Å²) in [4.78, 5) is 33.3. The smallest absolute Gasteiger partial charge is 0.138 e. The minimum atomic E-state index is 0.0730. The first-order valence-corrected chi connectivity index (χ1v) is 14.1. The largest absolute Gasteiger partial charge is 0.494 e. The molecule has 8 heteroatoms. The summed E-state index contributed by atoms with van der Waals surface area (Å²) in [6.07, 6.45) is 1.26. The van der Waals surface area contributed by atoms with E-state index >= 15 is 0 Å². The summed E-state index contributed by atoms with van der Waals surface area (Å²) in [6.45, 7) is 8.62. The lowest BCUT2D eigenvalue weighted by Crippen LogP contribution is -2.44. The number of hydrogen-bond acceptors (Lipinski definition) is 6. The van der Waals surface area contributed by atoms with Crippen LogP contribution in [0.2, 0.25) is 0 Å². The Kier molecular flexibility index (Phi) is 7.26. The van der Waals surface area contributed by atoms with E-state index in [2.05, 4.69) is 57.1 Å². The van der Waals surface area contributed by atoms with Gasteiger partial charge in [0.2, 0.25) is 0 Å². The Labute approximate surface area is 234 Å². The summed E-state index contributed by atoms with van der Waals surface area (Å²) in [5.74, 6) is 2.75. The molecular weight excluding hydrogens is 500 g/mol. The molecule has 1 aliphatic heterocycles. The highest BCUT2D eigenvalue weighted by atomic mass is 16.5. The second-order valence-corrected chi connectivity index (χ2v) is 11.0. The van der Waals surface area contributed by atoms with Gasteiger partial charge in [0, 0.05) is 55.3 Å². The third-order valence-electron chi connectivity index (χ3n) is 7.68. The summed E-state index contributed by atoms with van der Waals surface area (Å²) in [5.41, 5.74) is 7.04. The standard InChI is InChI=1S/C32H36N6O2/c1-21(2)30(39)8-5-17-40-25-7-4-6-22(18-25)31-33-26-11-9-23(19-28(26)35-31)32-34-27-12-10-24(20-29(27)36-32)38-15-13-37(3)14-16-38/h4,6-7,9-12,18-21H,5,8,13-17H2,1-3H3,(H,33,35)(H,34,36). The zero-order chi connectivity index (χ0) is 27.6. The molecule has 0 spiro atoms. The van der Waals surface area contributed by atoms with Crippen molar-refractivity contribution in [1.82, 2.24) is 24.8 Å². The van der Waals surface area contributed by atoms with E-state index in [0.29, 0.717) is 19.4 Å². The summed E-state index contributed by atoms with van der Waals surface area (Å²) < 4.78 is 5.92.